The molecule has 1 saturated heterocycles. The summed E-state index contributed by atoms with van der Waals surface area (Å²) in [7, 11) is 0. The molecular formula is C22H33ClN2O. The predicted octanol–water partition coefficient (Wildman–Crippen LogP) is 4.27. The number of rotatable bonds is 2. The van der Waals surface area contributed by atoms with E-state index in [1.807, 2.05) is 0 Å². The van der Waals surface area contributed by atoms with Gasteiger partial charge in [-0.25, -0.2) is 0 Å². The van der Waals surface area contributed by atoms with Gasteiger partial charge in [-0.15, -0.1) is 12.4 Å². The van der Waals surface area contributed by atoms with E-state index in [-0.39, 0.29) is 18.3 Å². The van der Waals surface area contributed by atoms with Crippen LogP contribution in [0.25, 0.3) is 0 Å². The minimum atomic E-state index is 0. The van der Waals surface area contributed by atoms with Gasteiger partial charge in [0, 0.05) is 30.5 Å². The molecular weight excluding hydrogens is 344 g/mol. The zero-order chi connectivity index (χ0) is 17.6. The lowest BCUT2D eigenvalue weighted by Crippen LogP contribution is -2.50. The summed E-state index contributed by atoms with van der Waals surface area (Å²) in [6, 6.07) is 9.35. The lowest BCUT2D eigenvalue weighted by Gasteiger charge is -2.44. The third kappa shape index (κ3) is 3.53. The number of nitrogens with two attached hydrogens (primary N) is 1. The fourth-order valence-electron chi connectivity index (χ4n) is 5.83. The largest absolute Gasteiger partial charge is 0.339 e. The number of nitrogens with zero attached hydrogens (tertiary/aromatic N) is 1. The van der Waals surface area contributed by atoms with Gasteiger partial charge in [0.15, 0.2) is 0 Å². The molecule has 0 aromatic heterocycles. The number of aryl methyl sites for hydroxylation is 1. The maximum absolute atomic E-state index is 13.3. The third-order valence-electron chi connectivity index (χ3n) is 7.25. The summed E-state index contributed by atoms with van der Waals surface area (Å²) in [5.74, 6) is 2.27. The van der Waals surface area contributed by atoms with E-state index < -0.39 is 0 Å². The highest BCUT2D eigenvalue weighted by molar-refractivity contribution is 5.85. The zero-order valence-electron chi connectivity index (χ0n) is 16.1. The third-order valence-corrected chi connectivity index (χ3v) is 7.25. The van der Waals surface area contributed by atoms with Crippen LogP contribution in [0.5, 0.6) is 0 Å². The zero-order valence-corrected chi connectivity index (χ0v) is 16.9. The topological polar surface area (TPSA) is 46.3 Å². The molecule has 1 aromatic rings. The van der Waals surface area contributed by atoms with Gasteiger partial charge in [-0.1, -0.05) is 30.7 Å². The van der Waals surface area contributed by atoms with Crippen molar-refractivity contribution in [3.63, 3.8) is 0 Å². The number of benzene rings is 1. The van der Waals surface area contributed by atoms with Crippen LogP contribution in [0.3, 0.4) is 0 Å². The molecule has 0 spiro atoms. The van der Waals surface area contributed by atoms with Crippen LogP contribution in [-0.2, 0) is 4.79 Å². The van der Waals surface area contributed by atoms with Crippen molar-refractivity contribution in [1.82, 2.24) is 4.90 Å². The van der Waals surface area contributed by atoms with Crippen LogP contribution >= 0.6 is 12.4 Å². The summed E-state index contributed by atoms with van der Waals surface area (Å²) in [5, 5.41) is 0. The highest BCUT2D eigenvalue weighted by atomic mass is 35.5. The van der Waals surface area contributed by atoms with Crippen molar-refractivity contribution in [2.75, 3.05) is 6.54 Å². The highest BCUT2D eigenvalue weighted by Crippen LogP contribution is 2.43. The van der Waals surface area contributed by atoms with Gasteiger partial charge in [-0.3, -0.25) is 4.79 Å². The minimum absolute atomic E-state index is 0. The Hall–Kier alpha value is -1.06. The summed E-state index contributed by atoms with van der Waals surface area (Å²) < 4.78 is 0. The Kier molecular flexibility index (Phi) is 5.98. The van der Waals surface area contributed by atoms with Crippen LogP contribution < -0.4 is 5.73 Å². The summed E-state index contributed by atoms with van der Waals surface area (Å²) in [6.07, 6.45) is 6.89. The van der Waals surface area contributed by atoms with E-state index in [4.69, 9.17) is 5.73 Å². The molecule has 26 heavy (non-hydrogen) atoms. The second kappa shape index (κ2) is 7.90. The molecule has 1 amide bonds. The van der Waals surface area contributed by atoms with Crippen LogP contribution in [0.15, 0.2) is 24.3 Å². The lowest BCUT2D eigenvalue weighted by atomic mass is 9.65. The lowest BCUT2D eigenvalue weighted by molar-refractivity contribution is -0.139. The number of hydrogen-bond donors (Lipinski definition) is 1. The Balaban J connectivity index is 0.00000196. The molecule has 1 aromatic carbocycles. The van der Waals surface area contributed by atoms with Crippen LogP contribution in [0.1, 0.15) is 62.5 Å². The standard InChI is InChI=1S/C22H32N2O.ClH/c1-14-6-3-4-9-20(14)19-10-15(2)24(13-19)22(25)18-11-16-7-5-8-17(12-18)21(16)23;/h3-4,6,9,15-19,21H,5,7-8,10-13,23H2,1-2H3;1H. The molecule has 1 heterocycles. The van der Waals surface area contributed by atoms with Gasteiger partial charge in [0.1, 0.15) is 0 Å². The smallest absolute Gasteiger partial charge is 0.225 e. The van der Waals surface area contributed by atoms with Gasteiger partial charge in [-0.2, -0.15) is 0 Å². The summed E-state index contributed by atoms with van der Waals surface area (Å²) >= 11 is 0. The van der Waals surface area contributed by atoms with Crippen molar-refractivity contribution in [3.05, 3.63) is 35.4 Å². The molecule has 144 valence electrons. The van der Waals surface area contributed by atoms with Gasteiger partial charge in [-0.05, 0) is 68.9 Å². The molecule has 1 aliphatic heterocycles. The van der Waals surface area contributed by atoms with Crippen LogP contribution in [0.4, 0.5) is 0 Å². The predicted molar refractivity (Wildman–Crippen MR) is 108 cm³/mol. The molecule has 2 bridgehead atoms. The number of carbonyl (C=O) groups excluding carboxylic acids is 1. The molecule has 0 radical (unpaired) electrons. The monoisotopic (exact) mass is 376 g/mol. The molecule has 4 unspecified atom stereocenters. The quantitative estimate of drug-likeness (QED) is 0.837. The Labute approximate surface area is 164 Å². The van der Waals surface area contributed by atoms with Crippen LogP contribution in [0.2, 0.25) is 0 Å². The Morgan fingerprint density at radius 1 is 1.12 bits per heavy atom. The average Bonchev–Trinajstić information content (AvgIpc) is 2.96. The molecule has 3 nitrogen and oxygen atoms in total. The summed E-state index contributed by atoms with van der Waals surface area (Å²) in [6.45, 7) is 5.31. The van der Waals surface area contributed by atoms with E-state index >= 15 is 0 Å². The van der Waals surface area contributed by atoms with Gasteiger partial charge in [0.25, 0.3) is 0 Å². The van der Waals surface area contributed by atoms with Gasteiger partial charge in [0.2, 0.25) is 5.91 Å². The van der Waals surface area contributed by atoms with E-state index in [1.54, 1.807) is 0 Å². The Morgan fingerprint density at radius 2 is 1.77 bits per heavy atom. The first kappa shape index (κ1) is 19.7. The maximum Gasteiger partial charge on any atom is 0.225 e. The van der Waals surface area contributed by atoms with E-state index in [2.05, 4.69) is 43.0 Å². The molecule has 2 aliphatic carbocycles. The molecule has 2 saturated carbocycles. The van der Waals surface area contributed by atoms with Crippen molar-refractivity contribution in [2.24, 2.45) is 23.5 Å². The Morgan fingerprint density at radius 3 is 2.42 bits per heavy atom. The number of fused-ring (bicyclic) bond motifs is 2. The van der Waals surface area contributed by atoms with Gasteiger partial charge in [0.05, 0.1) is 0 Å². The number of carbonyl (C=O) groups is 1. The van der Waals surface area contributed by atoms with Crippen molar-refractivity contribution in [2.45, 2.75) is 70.4 Å². The molecule has 3 fully saturated rings. The first-order chi connectivity index (χ1) is 12.0. The fourth-order valence-corrected chi connectivity index (χ4v) is 5.83. The van der Waals surface area contributed by atoms with E-state index in [0.29, 0.717) is 35.7 Å². The van der Waals surface area contributed by atoms with E-state index in [1.165, 1.54) is 30.4 Å². The van der Waals surface area contributed by atoms with Crippen molar-refractivity contribution >= 4 is 18.3 Å². The van der Waals surface area contributed by atoms with Crippen molar-refractivity contribution in [1.29, 1.82) is 0 Å². The van der Waals surface area contributed by atoms with Crippen LogP contribution in [0, 0.1) is 24.7 Å². The van der Waals surface area contributed by atoms with Gasteiger partial charge >= 0.3 is 0 Å². The normalized spacial score (nSPS) is 36.5. The molecule has 2 N–H and O–H groups in total. The first-order valence-corrected chi connectivity index (χ1v) is 10.2. The van der Waals surface area contributed by atoms with Crippen molar-refractivity contribution < 1.29 is 4.79 Å². The van der Waals surface area contributed by atoms with Crippen molar-refractivity contribution in [3.8, 4) is 0 Å². The van der Waals surface area contributed by atoms with E-state index in [0.717, 1.165) is 25.8 Å². The number of likely N-dealkylation sites (tertiary alicyclic amines) is 1. The van der Waals surface area contributed by atoms with E-state index in [9.17, 15) is 4.79 Å². The maximum atomic E-state index is 13.3. The van der Waals surface area contributed by atoms with Gasteiger partial charge < -0.3 is 10.6 Å². The number of halogens is 1. The minimum Gasteiger partial charge on any atom is -0.339 e. The molecule has 4 atom stereocenters. The second-order valence-electron chi connectivity index (χ2n) is 8.83. The second-order valence-corrected chi connectivity index (χ2v) is 8.83. The first-order valence-electron chi connectivity index (χ1n) is 10.2. The number of hydrogen-bond acceptors (Lipinski definition) is 2. The highest BCUT2D eigenvalue weighted by Gasteiger charge is 2.43. The number of amides is 1. The van der Waals surface area contributed by atoms with Crippen LogP contribution in [-0.4, -0.2) is 29.4 Å². The summed E-state index contributed by atoms with van der Waals surface area (Å²) in [4.78, 5) is 15.5. The molecule has 4 heteroatoms. The SMILES string of the molecule is Cc1ccccc1C1CC(C)N(C(=O)C2CC3CCCC(C2)C3N)C1.Cl. The molecule has 3 aliphatic rings. The fraction of sp³-hybridized carbons (Fsp3) is 0.682. The summed E-state index contributed by atoms with van der Waals surface area (Å²) in [5.41, 5.74) is 9.19. The Bertz CT molecular complexity index is 635. The average molecular weight is 377 g/mol. The molecule has 4 rings (SSSR count).